The standard InChI is InChI=1S/C18H20FNO/c1-3-20-18(15-9-8-13(21-2)11-17(15)19)16-10-12-6-4-5-7-14(12)16/h4-9,11,16,18,20H,3,10H2,1-2H3. The Balaban J connectivity index is 1.93. The quantitative estimate of drug-likeness (QED) is 0.901. The molecule has 0 saturated carbocycles. The molecule has 2 aromatic carbocycles. The predicted octanol–water partition coefficient (Wildman–Crippen LogP) is 3.82. The van der Waals surface area contributed by atoms with E-state index in [9.17, 15) is 4.39 Å². The van der Waals surface area contributed by atoms with Crippen LogP contribution in [0.25, 0.3) is 0 Å². The summed E-state index contributed by atoms with van der Waals surface area (Å²) < 4.78 is 19.5. The van der Waals surface area contributed by atoms with Crippen LogP contribution in [0.5, 0.6) is 5.75 Å². The Labute approximate surface area is 125 Å². The average Bonchev–Trinajstić information content (AvgIpc) is 2.47. The van der Waals surface area contributed by atoms with E-state index in [1.54, 1.807) is 7.11 Å². The van der Waals surface area contributed by atoms with Gasteiger partial charge in [-0.05, 0) is 30.2 Å². The minimum absolute atomic E-state index is 0.0100. The fraction of sp³-hybridized carbons (Fsp3) is 0.333. The molecule has 2 aromatic rings. The highest BCUT2D eigenvalue weighted by Crippen LogP contribution is 2.44. The molecule has 0 fully saturated rings. The zero-order valence-electron chi connectivity index (χ0n) is 12.4. The van der Waals surface area contributed by atoms with Crippen molar-refractivity contribution < 1.29 is 9.13 Å². The summed E-state index contributed by atoms with van der Waals surface area (Å²) in [7, 11) is 1.55. The molecule has 1 N–H and O–H groups in total. The Morgan fingerprint density at radius 3 is 2.76 bits per heavy atom. The Hall–Kier alpha value is -1.87. The van der Waals surface area contributed by atoms with Gasteiger partial charge in [0.05, 0.1) is 7.11 Å². The Bertz CT molecular complexity index is 641. The molecule has 2 nitrogen and oxygen atoms in total. The normalized spacial score (nSPS) is 17.8. The molecular weight excluding hydrogens is 265 g/mol. The van der Waals surface area contributed by atoms with E-state index in [1.807, 2.05) is 12.1 Å². The number of hydrogen-bond acceptors (Lipinski definition) is 2. The van der Waals surface area contributed by atoms with E-state index in [-0.39, 0.29) is 11.9 Å². The molecule has 0 aliphatic heterocycles. The SMILES string of the molecule is CCNC(c1ccc(OC)cc1F)C1Cc2ccccc21. The van der Waals surface area contributed by atoms with Gasteiger partial charge in [-0.1, -0.05) is 37.3 Å². The second-order valence-corrected chi connectivity index (χ2v) is 5.43. The van der Waals surface area contributed by atoms with Gasteiger partial charge in [-0.15, -0.1) is 0 Å². The summed E-state index contributed by atoms with van der Waals surface area (Å²) in [4.78, 5) is 0. The van der Waals surface area contributed by atoms with Crippen molar-refractivity contribution in [1.82, 2.24) is 5.32 Å². The van der Waals surface area contributed by atoms with Gasteiger partial charge in [0.1, 0.15) is 11.6 Å². The molecule has 2 atom stereocenters. The van der Waals surface area contributed by atoms with Crippen molar-refractivity contribution in [3.63, 3.8) is 0 Å². The number of benzene rings is 2. The smallest absolute Gasteiger partial charge is 0.131 e. The molecule has 0 aromatic heterocycles. The van der Waals surface area contributed by atoms with Crippen molar-refractivity contribution >= 4 is 0 Å². The number of fused-ring (bicyclic) bond motifs is 1. The fourth-order valence-electron chi connectivity index (χ4n) is 3.17. The zero-order valence-corrected chi connectivity index (χ0v) is 12.4. The Morgan fingerprint density at radius 2 is 2.10 bits per heavy atom. The number of nitrogens with one attached hydrogen (secondary N) is 1. The summed E-state index contributed by atoms with van der Waals surface area (Å²) in [6.07, 6.45) is 0.999. The van der Waals surface area contributed by atoms with Gasteiger partial charge in [-0.25, -0.2) is 4.39 Å². The maximum Gasteiger partial charge on any atom is 0.131 e. The number of halogens is 1. The monoisotopic (exact) mass is 285 g/mol. The van der Waals surface area contributed by atoms with Crippen LogP contribution in [0.2, 0.25) is 0 Å². The fourth-order valence-corrected chi connectivity index (χ4v) is 3.17. The molecule has 3 heteroatoms. The number of likely N-dealkylation sites (N-methyl/N-ethyl adjacent to an activating group) is 1. The molecule has 1 aliphatic rings. The third kappa shape index (κ3) is 2.54. The van der Waals surface area contributed by atoms with Crippen LogP contribution < -0.4 is 10.1 Å². The lowest BCUT2D eigenvalue weighted by molar-refractivity contribution is 0.394. The number of methoxy groups -OCH3 is 1. The van der Waals surface area contributed by atoms with Crippen LogP contribution in [0.15, 0.2) is 42.5 Å². The first-order valence-electron chi connectivity index (χ1n) is 7.39. The van der Waals surface area contributed by atoms with Crippen molar-refractivity contribution in [3.8, 4) is 5.75 Å². The highest BCUT2D eigenvalue weighted by Gasteiger charge is 2.34. The summed E-state index contributed by atoms with van der Waals surface area (Å²) in [5, 5.41) is 3.44. The Morgan fingerprint density at radius 1 is 1.29 bits per heavy atom. The van der Waals surface area contributed by atoms with Crippen LogP contribution in [0.4, 0.5) is 4.39 Å². The van der Waals surface area contributed by atoms with E-state index in [1.165, 1.54) is 17.2 Å². The van der Waals surface area contributed by atoms with Crippen molar-refractivity contribution in [2.45, 2.75) is 25.3 Å². The summed E-state index contributed by atoms with van der Waals surface area (Å²) >= 11 is 0. The van der Waals surface area contributed by atoms with E-state index < -0.39 is 0 Å². The van der Waals surface area contributed by atoms with Gasteiger partial charge in [0, 0.05) is 23.6 Å². The topological polar surface area (TPSA) is 21.3 Å². The minimum Gasteiger partial charge on any atom is -0.497 e. The van der Waals surface area contributed by atoms with Crippen LogP contribution >= 0.6 is 0 Å². The molecule has 0 amide bonds. The van der Waals surface area contributed by atoms with Gasteiger partial charge < -0.3 is 10.1 Å². The highest BCUT2D eigenvalue weighted by molar-refractivity contribution is 5.44. The first kappa shape index (κ1) is 14.1. The van der Waals surface area contributed by atoms with Crippen molar-refractivity contribution in [1.29, 1.82) is 0 Å². The van der Waals surface area contributed by atoms with Crippen LogP contribution in [0, 0.1) is 5.82 Å². The molecule has 0 heterocycles. The first-order valence-corrected chi connectivity index (χ1v) is 7.39. The van der Waals surface area contributed by atoms with Gasteiger partial charge in [0.15, 0.2) is 0 Å². The maximum atomic E-state index is 14.4. The Kier molecular flexibility index (Phi) is 3.93. The molecule has 21 heavy (non-hydrogen) atoms. The first-order chi connectivity index (χ1) is 10.2. The molecule has 2 unspecified atom stereocenters. The van der Waals surface area contributed by atoms with Gasteiger partial charge >= 0.3 is 0 Å². The average molecular weight is 285 g/mol. The van der Waals surface area contributed by atoms with Crippen LogP contribution in [0.1, 0.15) is 35.6 Å². The number of rotatable bonds is 5. The number of hydrogen-bond donors (Lipinski definition) is 1. The largest absolute Gasteiger partial charge is 0.497 e. The summed E-state index contributed by atoms with van der Waals surface area (Å²) in [6, 6.07) is 13.5. The van der Waals surface area contributed by atoms with Crippen molar-refractivity contribution in [3.05, 3.63) is 65.0 Å². The number of ether oxygens (including phenoxy) is 1. The maximum absolute atomic E-state index is 14.4. The highest BCUT2D eigenvalue weighted by atomic mass is 19.1. The van der Waals surface area contributed by atoms with E-state index >= 15 is 0 Å². The van der Waals surface area contributed by atoms with E-state index in [4.69, 9.17) is 4.74 Å². The van der Waals surface area contributed by atoms with E-state index in [0.29, 0.717) is 11.7 Å². The van der Waals surface area contributed by atoms with Crippen molar-refractivity contribution in [2.24, 2.45) is 0 Å². The van der Waals surface area contributed by atoms with Gasteiger partial charge in [0.2, 0.25) is 0 Å². The molecule has 1 aliphatic carbocycles. The molecule has 0 spiro atoms. The lowest BCUT2D eigenvalue weighted by atomic mass is 9.71. The zero-order chi connectivity index (χ0) is 14.8. The third-order valence-electron chi connectivity index (χ3n) is 4.26. The minimum atomic E-state index is -0.204. The summed E-state index contributed by atoms with van der Waals surface area (Å²) in [6.45, 7) is 2.87. The molecular formula is C18H20FNO. The summed E-state index contributed by atoms with van der Waals surface area (Å²) in [5.74, 6) is 0.689. The molecule has 0 radical (unpaired) electrons. The van der Waals surface area contributed by atoms with Crippen LogP contribution in [-0.4, -0.2) is 13.7 Å². The second kappa shape index (κ2) is 5.86. The van der Waals surface area contributed by atoms with Crippen molar-refractivity contribution in [2.75, 3.05) is 13.7 Å². The lowest BCUT2D eigenvalue weighted by Crippen LogP contribution is -2.33. The molecule has 3 rings (SSSR count). The summed E-state index contributed by atoms with van der Waals surface area (Å²) in [5.41, 5.74) is 3.43. The van der Waals surface area contributed by atoms with E-state index in [2.05, 4.69) is 36.5 Å². The van der Waals surface area contributed by atoms with Gasteiger partial charge in [-0.3, -0.25) is 0 Å². The van der Waals surface area contributed by atoms with E-state index in [0.717, 1.165) is 18.5 Å². The van der Waals surface area contributed by atoms with Gasteiger partial charge in [0.25, 0.3) is 0 Å². The van der Waals surface area contributed by atoms with Gasteiger partial charge in [-0.2, -0.15) is 0 Å². The second-order valence-electron chi connectivity index (χ2n) is 5.43. The third-order valence-corrected chi connectivity index (χ3v) is 4.26. The van der Waals surface area contributed by atoms with Crippen LogP contribution in [-0.2, 0) is 6.42 Å². The molecule has 110 valence electrons. The molecule has 0 saturated heterocycles. The molecule has 0 bridgehead atoms. The predicted molar refractivity (Wildman–Crippen MR) is 82.3 cm³/mol. The van der Waals surface area contributed by atoms with Crippen LogP contribution in [0.3, 0.4) is 0 Å². The lowest BCUT2D eigenvalue weighted by Gasteiger charge is -2.37.